The Morgan fingerprint density at radius 2 is 1.76 bits per heavy atom. The van der Waals surface area contributed by atoms with Crippen LogP contribution in [0, 0.1) is 13.8 Å². The highest BCUT2D eigenvalue weighted by Crippen LogP contribution is 2.16. The van der Waals surface area contributed by atoms with Crippen LogP contribution < -0.4 is 10.9 Å². The molecular formula is C16H16N2O2S. The molecule has 2 N–H and O–H groups in total. The Balaban J connectivity index is 1.86. The lowest BCUT2D eigenvalue weighted by Crippen LogP contribution is -2.40. The topological polar surface area (TPSA) is 58.2 Å². The number of benzene rings is 1. The molecule has 2 aromatic rings. The van der Waals surface area contributed by atoms with Crippen LogP contribution in [0.15, 0.2) is 41.8 Å². The zero-order chi connectivity index (χ0) is 15.2. The largest absolute Gasteiger partial charge is 0.269 e. The van der Waals surface area contributed by atoms with Crippen LogP contribution in [0.1, 0.15) is 26.4 Å². The van der Waals surface area contributed by atoms with Crippen LogP contribution in [0.3, 0.4) is 0 Å². The van der Waals surface area contributed by atoms with Crippen LogP contribution in [0.2, 0.25) is 0 Å². The fourth-order valence-corrected chi connectivity index (χ4v) is 2.46. The van der Waals surface area contributed by atoms with Crippen molar-refractivity contribution >= 4 is 29.2 Å². The van der Waals surface area contributed by atoms with Gasteiger partial charge in [0.25, 0.3) is 11.8 Å². The average Bonchev–Trinajstić information content (AvgIpc) is 2.88. The molecule has 0 aliphatic heterocycles. The van der Waals surface area contributed by atoms with E-state index in [9.17, 15) is 9.59 Å². The number of carbonyl (C=O) groups excluding carboxylic acids is 2. The van der Waals surface area contributed by atoms with Gasteiger partial charge in [0.1, 0.15) is 0 Å². The molecule has 2 amide bonds. The first-order valence-electron chi connectivity index (χ1n) is 6.45. The minimum absolute atomic E-state index is 0.343. The summed E-state index contributed by atoms with van der Waals surface area (Å²) in [4.78, 5) is 24.5. The highest BCUT2D eigenvalue weighted by Gasteiger charge is 2.05. The van der Waals surface area contributed by atoms with Gasteiger partial charge in [-0.1, -0.05) is 17.7 Å². The van der Waals surface area contributed by atoms with E-state index in [0.29, 0.717) is 5.56 Å². The molecule has 0 bridgehead atoms. The third-order valence-electron chi connectivity index (χ3n) is 2.90. The van der Waals surface area contributed by atoms with Crippen molar-refractivity contribution in [1.82, 2.24) is 10.9 Å². The second-order valence-electron chi connectivity index (χ2n) is 4.61. The smallest absolute Gasteiger partial charge is 0.268 e. The summed E-state index contributed by atoms with van der Waals surface area (Å²) in [6, 6.07) is 9.09. The van der Waals surface area contributed by atoms with Crippen LogP contribution in [0.5, 0.6) is 0 Å². The SMILES string of the molecule is Cc1ccc(C(=O)NNC(=O)/C=C/c2sccc2C)cc1. The molecule has 1 aromatic heterocycles. The molecule has 0 aliphatic carbocycles. The van der Waals surface area contributed by atoms with E-state index in [2.05, 4.69) is 10.9 Å². The van der Waals surface area contributed by atoms with Crippen molar-refractivity contribution in [3.63, 3.8) is 0 Å². The van der Waals surface area contributed by atoms with Crippen molar-refractivity contribution in [2.24, 2.45) is 0 Å². The second kappa shape index (κ2) is 6.85. The number of hydrazine groups is 1. The minimum Gasteiger partial charge on any atom is -0.268 e. The summed E-state index contributed by atoms with van der Waals surface area (Å²) in [7, 11) is 0. The fourth-order valence-electron chi connectivity index (χ4n) is 1.64. The quantitative estimate of drug-likeness (QED) is 0.676. The predicted octanol–water partition coefficient (Wildman–Crippen LogP) is 2.84. The van der Waals surface area contributed by atoms with Crippen molar-refractivity contribution in [2.75, 3.05) is 0 Å². The van der Waals surface area contributed by atoms with Crippen molar-refractivity contribution in [1.29, 1.82) is 0 Å². The standard InChI is InChI=1S/C16H16N2O2S/c1-11-3-5-13(6-4-11)16(20)18-17-15(19)8-7-14-12(2)9-10-21-14/h3-10H,1-2H3,(H,17,19)(H,18,20)/b8-7+. The number of thiophene rings is 1. The van der Waals surface area contributed by atoms with E-state index in [1.807, 2.05) is 37.4 Å². The van der Waals surface area contributed by atoms with Crippen molar-refractivity contribution in [2.45, 2.75) is 13.8 Å². The molecule has 1 aromatic carbocycles. The third-order valence-corrected chi connectivity index (χ3v) is 3.88. The Hall–Kier alpha value is -2.40. The third kappa shape index (κ3) is 4.29. The van der Waals surface area contributed by atoms with Crippen LogP contribution in [-0.4, -0.2) is 11.8 Å². The summed E-state index contributed by atoms with van der Waals surface area (Å²) in [6.45, 7) is 3.92. The molecule has 0 radical (unpaired) electrons. The maximum absolute atomic E-state index is 11.8. The van der Waals surface area contributed by atoms with Gasteiger partial charge in [-0.25, -0.2) is 0 Å². The Morgan fingerprint density at radius 1 is 1.05 bits per heavy atom. The number of hydrogen-bond donors (Lipinski definition) is 2. The monoisotopic (exact) mass is 300 g/mol. The molecule has 0 fully saturated rings. The first kappa shape index (κ1) is 15.0. The van der Waals surface area contributed by atoms with Gasteiger partial charge in [-0.3, -0.25) is 20.4 Å². The number of carbonyl (C=O) groups is 2. The molecule has 0 saturated heterocycles. The van der Waals surface area contributed by atoms with E-state index in [1.54, 1.807) is 29.5 Å². The molecule has 108 valence electrons. The lowest BCUT2D eigenvalue weighted by molar-refractivity contribution is -0.117. The summed E-state index contributed by atoms with van der Waals surface area (Å²) in [6.07, 6.45) is 3.13. The van der Waals surface area contributed by atoms with E-state index < -0.39 is 0 Å². The molecule has 0 unspecified atom stereocenters. The molecule has 0 atom stereocenters. The van der Waals surface area contributed by atoms with Gasteiger partial charge in [0, 0.05) is 16.5 Å². The molecule has 21 heavy (non-hydrogen) atoms. The fraction of sp³-hybridized carbons (Fsp3) is 0.125. The number of nitrogens with one attached hydrogen (secondary N) is 2. The number of amides is 2. The van der Waals surface area contributed by atoms with Gasteiger partial charge in [-0.05, 0) is 49.1 Å². The molecule has 0 spiro atoms. The number of aryl methyl sites for hydroxylation is 2. The van der Waals surface area contributed by atoms with Crippen LogP contribution in [0.25, 0.3) is 6.08 Å². The van der Waals surface area contributed by atoms with Crippen molar-refractivity contribution in [3.05, 3.63) is 63.4 Å². The van der Waals surface area contributed by atoms with Crippen molar-refractivity contribution < 1.29 is 9.59 Å². The Morgan fingerprint density at radius 3 is 2.38 bits per heavy atom. The summed E-state index contributed by atoms with van der Waals surface area (Å²) >= 11 is 1.56. The highest BCUT2D eigenvalue weighted by molar-refractivity contribution is 7.11. The molecule has 2 rings (SSSR count). The summed E-state index contributed by atoms with van der Waals surface area (Å²) in [5, 5.41) is 1.96. The van der Waals surface area contributed by atoms with E-state index >= 15 is 0 Å². The first-order chi connectivity index (χ1) is 10.1. The van der Waals surface area contributed by atoms with E-state index in [-0.39, 0.29) is 11.8 Å². The van der Waals surface area contributed by atoms with Gasteiger partial charge in [0.15, 0.2) is 0 Å². The van der Waals surface area contributed by atoms with Crippen LogP contribution >= 0.6 is 11.3 Å². The zero-order valence-corrected chi connectivity index (χ0v) is 12.7. The molecule has 0 saturated carbocycles. The van der Waals surface area contributed by atoms with E-state index in [4.69, 9.17) is 0 Å². The summed E-state index contributed by atoms with van der Waals surface area (Å²) < 4.78 is 0. The normalized spacial score (nSPS) is 10.6. The molecule has 5 heteroatoms. The average molecular weight is 300 g/mol. The lowest BCUT2D eigenvalue weighted by atomic mass is 10.1. The molecule has 0 aliphatic rings. The second-order valence-corrected chi connectivity index (χ2v) is 5.56. The van der Waals surface area contributed by atoms with Gasteiger partial charge < -0.3 is 0 Å². The molecular weight excluding hydrogens is 284 g/mol. The summed E-state index contributed by atoms with van der Waals surface area (Å²) in [5.74, 6) is -0.715. The Labute approximate surface area is 127 Å². The minimum atomic E-state index is -0.372. The van der Waals surface area contributed by atoms with Crippen molar-refractivity contribution in [3.8, 4) is 0 Å². The van der Waals surface area contributed by atoms with Gasteiger partial charge in [0.2, 0.25) is 0 Å². The Bertz CT molecular complexity index is 672. The maximum atomic E-state index is 11.8. The zero-order valence-electron chi connectivity index (χ0n) is 11.8. The highest BCUT2D eigenvalue weighted by atomic mass is 32.1. The number of rotatable bonds is 3. The first-order valence-corrected chi connectivity index (χ1v) is 7.33. The van der Waals surface area contributed by atoms with Gasteiger partial charge in [-0.2, -0.15) is 0 Å². The van der Waals surface area contributed by atoms with Gasteiger partial charge in [0.05, 0.1) is 0 Å². The van der Waals surface area contributed by atoms with Gasteiger partial charge >= 0.3 is 0 Å². The van der Waals surface area contributed by atoms with Gasteiger partial charge in [-0.15, -0.1) is 11.3 Å². The van der Waals surface area contributed by atoms with Crippen LogP contribution in [0.4, 0.5) is 0 Å². The molecule has 4 nitrogen and oxygen atoms in total. The van der Waals surface area contributed by atoms with Crippen LogP contribution in [-0.2, 0) is 4.79 Å². The van der Waals surface area contributed by atoms with E-state index in [1.165, 1.54) is 6.08 Å². The maximum Gasteiger partial charge on any atom is 0.269 e. The van der Waals surface area contributed by atoms with E-state index in [0.717, 1.165) is 16.0 Å². The number of hydrogen-bond acceptors (Lipinski definition) is 3. The lowest BCUT2D eigenvalue weighted by Gasteiger charge is -2.05. The Kier molecular flexibility index (Phi) is 4.90. The molecule has 1 heterocycles. The predicted molar refractivity (Wildman–Crippen MR) is 84.9 cm³/mol. The summed E-state index contributed by atoms with van der Waals surface area (Å²) in [5.41, 5.74) is 7.42.